The fraction of sp³-hybridized carbons (Fsp3) is 0.882. The molecular weight excluding hydrogens is 304 g/mol. The van der Waals surface area contributed by atoms with Crippen LogP contribution >= 0.6 is 11.6 Å². The fourth-order valence-electron chi connectivity index (χ4n) is 3.59. The first-order valence-electron chi connectivity index (χ1n) is 8.25. The molecule has 2 saturated carbocycles. The summed E-state index contributed by atoms with van der Waals surface area (Å²) in [6.45, 7) is 8.58. The number of carbonyl (C=O) groups is 2. The molecule has 0 heterocycles. The topological polar surface area (TPSA) is 52.6 Å². The van der Waals surface area contributed by atoms with E-state index in [1.54, 1.807) is 0 Å². The third kappa shape index (κ3) is 3.27. The molecule has 0 saturated heterocycles. The van der Waals surface area contributed by atoms with E-state index in [2.05, 4.69) is 0 Å². The lowest BCUT2D eigenvalue weighted by atomic mass is 9.73. The van der Waals surface area contributed by atoms with Gasteiger partial charge in [0.25, 0.3) is 0 Å². The van der Waals surface area contributed by atoms with E-state index >= 15 is 0 Å². The molecule has 2 rings (SSSR count). The monoisotopic (exact) mass is 330 g/mol. The predicted molar refractivity (Wildman–Crippen MR) is 84.5 cm³/mol. The molecule has 126 valence electrons. The summed E-state index contributed by atoms with van der Waals surface area (Å²) >= 11 is 6.30. The summed E-state index contributed by atoms with van der Waals surface area (Å²) in [4.78, 5) is 25.4. The molecule has 5 heteroatoms. The van der Waals surface area contributed by atoms with Crippen molar-refractivity contribution in [3.63, 3.8) is 0 Å². The summed E-state index contributed by atoms with van der Waals surface area (Å²) in [6.07, 6.45) is 1.99. The second kappa shape index (κ2) is 6.77. The first-order chi connectivity index (χ1) is 10.3. The highest BCUT2D eigenvalue weighted by molar-refractivity contribution is 6.21. The molecule has 0 spiro atoms. The highest BCUT2D eigenvalue weighted by Gasteiger charge is 2.64. The summed E-state index contributed by atoms with van der Waals surface area (Å²) in [5.74, 6) is -0.166. The van der Waals surface area contributed by atoms with E-state index in [0.29, 0.717) is 26.1 Å². The second-order valence-electron chi connectivity index (χ2n) is 7.60. The van der Waals surface area contributed by atoms with E-state index in [4.69, 9.17) is 21.1 Å². The molecule has 3 atom stereocenters. The highest BCUT2D eigenvalue weighted by Crippen LogP contribution is 2.58. The first kappa shape index (κ1) is 17.6. The smallest absolute Gasteiger partial charge is 0.323 e. The molecule has 0 aromatic rings. The highest BCUT2D eigenvalue weighted by atomic mass is 35.5. The van der Waals surface area contributed by atoms with Crippen molar-refractivity contribution in [3.05, 3.63) is 0 Å². The van der Waals surface area contributed by atoms with Gasteiger partial charge in [0.05, 0.1) is 13.2 Å². The Morgan fingerprint density at radius 1 is 1.05 bits per heavy atom. The van der Waals surface area contributed by atoms with Gasteiger partial charge in [0.1, 0.15) is 0 Å². The van der Waals surface area contributed by atoms with E-state index in [0.717, 1.165) is 6.42 Å². The maximum Gasteiger partial charge on any atom is 0.323 e. The van der Waals surface area contributed by atoms with Crippen LogP contribution in [0.2, 0.25) is 0 Å². The van der Waals surface area contributed by atoms with Gasteiger partial charge in [-0.15, -0.1) is 11.6 Å². The maximum absolute atomic E-state index is 12.7. The molecule has 0 amide bonds. The van der Waals surface area contributed by atoms with Crippen LogP contribution in [0.1, 0.15) is 47.0 Å². The molecule has 3 unspecified atom stereocenters. The number of rotatable bonds is 6. The van der Waals surface area contributed by atoms with Crippen LogP contribution in [-0.2, 0) is 19.1 Å². The summed E-state index contributed by atoms with van der Waals surface area (Å²) in [7, 11) is 0. The largest absolute Gasteiger partial charge is 0.465 e. The average Bonchev–Trinajstić information content (AvgIpc) is 2.99. The lowest BCUT2D eigenvalue weighted by Crippen LogP contribution is -2.48. The summed E-state index contributed by atoms with van der Waals surface area (Å²) < 4.78 is 10.8. The number of ether oxygens (including phenoxy) is 2. The van der Waals surface area contributed by atoms with E-state index in [1.807, 2.05) is 27.7 Å². The zero-order valence-electron chi connectivity index (χ0n) is 13.9. The lowest BCUT2D eigenvalue weighted by Gasteiger charge is -2.34. The molecular formula is C17H27ClO4. The summed E-state index contributed by atoms with van der Waals surface area (Å²) in [5, 5.41) is 0.0638. The van der Waals surface area contributed by atoms with E-state index in [1.165, 1.54) is 0 Å². The van der Waals surface area contributed by atoms with Gasteiger partial charge in [-0.1, -0.05) is 27.7 Å². The van der Waals surface area contributed by atoms with Crippen molar-refractivity contribution >= 4 is 23.5 Å². The van der Waals surface area contributed by atoms with Crippen LogP contribution in [0, 0.1) is 29.1 Å². The molecule has 0 N–H and O–H groups in total. The van der Waals surface area contributed by atoms with Gasteiger partial charge in [0.2, 0.25) is 0 Å². The van der Waals surface area contributed by atoms with Gasteiger partial charge in [0.15, 0.2) is 5.41 Å². The molecule has 22 heavy (non-hydrogen) atoms. The molecule has 2 aliphatic rings. The average molecular weight is 331 g/mol. The van der Waals surface area contributed by atoms with Gasteiger partial charge in [-0.05, 0) is 42.9 Å². The maximum atomic E-state index is 12.7. The number of fused-ring (bicyclic) bond motifs is 2. The van der Waals surface area contributed by atoms with Gasteiger partial charge < -0.3 is 9.47 Å². The molecule has 4 nitrogen and oxygen atoms in total. The predicted octanol–water partition coefficient (Wildman–Crippen LogP) is 3.41. The van der Waals surface area contributed by atoms with Crippen molar-refractivity contribution < 1.29 is 19.1 Å². The fourth-order valence-corrected chi connectivity index (χ4v) is 4.00. The van der Waals surface area contributed by atoms with Crippen LogP contribution in [0.5, 0.6) is 0 Å². The SMILES string of the molecule is CC(C)COC(=O)C1(C(=O)OCC(C)C)CC2CC1CC2Cl. The number of halogens is 1. The van der Waals surface area contributed by atoms with Crippen molar-refractivity contribution in [2.75, 3.05) is 13.2 Å². The number of hydrogen-bond acceptors (Lipinski definition) is 4. The number of alkyl halides is 1. The molecule has 2 fully saturated rings. The first-order valence-corrected chi connectivity index (χ1v) is 8.69. The Morgan fingerprint density at radius 2 is 1.55 bits per heavy atom. The Balaban J connectivity index is 2.15. The standard InChI is InChI=1S/C17H27ClO4/c1-10(2)8-21-15(19)17(16(20)22-9-11(3)4)7-12-5-13(17)6-14(12)18/h10-14H,5-9H2,1-4H3. The van der Waals surface area contributed by atoms with Crippen LogP contribution in [-0.4, -0.2) is 30.5 Å². The van der Waals surface area contributed by atoms with Crippen LogP contribution < -0.4 is 0 Å². The van der Waals surface area contributed by atoms with Gasteiger partial charge in [-0.25, -0.2) is 0 Å². The molecule has 0 radical (unpaired) electrons. The Bertz CT molecular complexity index is 406. The third-order valence-electron chi connectivity index (χ3n) is 4.71. The zero-order chi connectivity index (χ0) is 16.5. The van der Waals surface area contributed by atoms with E-state index in [9.17, 15) is 9.59 Å². The van der Waals surface area contributed by atoms with Crippen LogP contribution in [0.25, 0.3) is 0 Å². The number of esters is 2. The molecule has 0 aromatic heterocycles. The molecule has 2 bridgehead atoms. The minimum Gasteiger partial charge on any atom is -0.465 e. The quantitative estimate of drug-likeness (QED) is 0.425. The van der Waals surface area contributed by atoms with Crippen molar-refractivity contribution in [3.8, 4) is 0 Å². The van der Waals surface area contributed by atoms with Crippen molar-refractivity contribution in [1.82, 2.24) is 0 Å². The lowest BCUT2D eigenvalue weighted by molar-refractivity contribution is -0.178. The molecule has 2 aliphatic carbocycles. The van der Waals surface area contributed by atoms with Gasteiger partial charge in [-0.2, -0.15) is 0 Å². The third-order valence-corrected chi connectivity index (χ3v) is 5.25. The second-order valence-corrected chi connectivity index (χ2v) is 8.17. The van der Waals surface area contributed by atoms with Gasteiger partial charge in [-0.3, -0.25) is 9.59 Å². The minimum absolute atomic E-state index is 0.0423. The van der Waals surface area contributed by atoms with Crippen LogP contribution in [0.4, 0.5) is 0 Å². The Labute approximate surface area is 137 Å². The van der Waals surface area contributed by atoms with Crippen molar-refractivity contribution in [2.24, 2.45) is 29.1 Å². The van der Waals surface area contributed by atoms with E-state index < -0.39 is 17.4 Å². The molecule has 0 aliphatic heterocycles. The minimum atomic E-state index is -1.13. The van der Waals surface area contributed by atoms with Crippen molar-refractivity contribution in [1.29, 1.82) is 0 Å². The Morgan fingerprint density at radius 3 is 1.86 bits per heavy atom. The normalized spacial score (nSPS) is 29.1. The van der Waals surface area contributed by atoms with Crippen LogP contribution in [0.3, 0.4) is 0 Å². The Hall–Kier alpha value is -0.770. The number of carbonyl (C=O) groups excluding carboxylic acids is 2. The van der Waals surface area contributed by atoms with Gasteiger partial charge in [0, 0.05) is 5.38 Å². The Kier molecular flexibility index (Phi) is 5.41. The molecule has 0 aromatic carbocycles. The van der Waals surface area contributed by atoms with Crippen LogP contribution in [0.15, 0.2) is 0 Å². The zero-order valence-corrected chi connectivity index (χ0v) is 14.7. The van der Waals surface area contributed by atoms with E-state index in [-0.39, 0.29) is 29.0 Å². The number of hydrogen-bond donors (Lipinski definition) is 0. The van der Waals surface area contributed by atoms with Gasteiger partial charge >= 0.3 is 11.9 Å². The summed E-state index contributed by atoms with van der Waals surface area (Å²) in [6, 6.07) is 0. The summed E-state index contributed by atoms with van der Waals surface area (Å²) in [5.41, 5.74) is -1.13. The van der Waals surface area contributed by atoms with Crippen molar-refractivity contribution in [2.45, 2.75) is 52.3 Å².